The van der Waals surface area contributed by atoms with Gasteiger partial charge in [-0.05, 0) is 5.53 Å². The van der Waals surface area contributed by atoms with Crippen LogP contribution >= 0.6 is 0 Å². The first-order valence-corrected chi connectivity index (χ1v) is 5.51. The maximum atomic E-state index is 11.0. The molecule has 0 amide bonds. The van der Waals surface area contributed by atoms with Gasteiger partial charge in [-0.1, -0.05) is 5.11 Å². The summed E-state index contributed by atoms with van der Waals surface area (Å²) in [6.45, 7) is -0.845. The average Bonchev–Trinajstić information content (AvgIpc) is 2.65. The Balaban J connectivity index is 2.44. The molecule has 0 radical (unpaired) electrons. The minimum Gasteiger partial charge on any atom is -0.393 e. The zero-order valence-electron chi connectivity index (χ0n) is 10.0. The molecule has 0 bridgehead atoms. The molecule has 6 N–H and O–H groups in total. The van der Waals surface area contributed by atoms with Crippen LogP contribution in [0.2, 0.25) is 0 Å². The molecule has 1 saturated heterocycles. The minimum atomic E-state index is -2.03. The van der Waals surface area contributed by atoms with Crippen molar-refractivity contribution in [3.8, 4) is 0 Å². The van der Waals surface area contributed by atoms with E-state index in [1.165, 1.54) is 0 Å². The number of hydrogen-bond acceptors (Lipinski definition) is 8. The molecule has 1 aliphatic heterocycles. The lowest BCUT2D eigenvalue weighted by Gasteiger charge is -2.23. The molecule has 4 atom stereocenters. The van der Waals surface area contributed by atoms with Gasteiger partial charge in [-0.25, -0.2) is 9.78 Å². The Kier molecular flexibility index (Phi) is 3.61. The highest BCUT2D eigenvalue weighted by atomic mass is 16.6. The summed E-state index contributed by atoms with van der Waals surface area (Å²) in [6, 6.07) is 0. The van der Waals surface area contributed by atoms with Crippen LogP contribution in [-0.2, 0) is 4.74 Å². The second kappa shape index (κ2) is 5.07. The molecule has 108 valence electrons. The smallest absolute Gasteiger partial charge is 0.346 e. The van der Waals surface area contributed by atoms with Crippen LogP contribution in [-0.4, -0.2) is 49.8 Å². The minimum absolute atomic E-state index is 0.0969. The molecule has 2 rings (SSSR count). The van der Waals surface area contributed by atoms with E-state index in [2.05, 4.69) is 20.0 Å². The second-order valence-electron chi connectivity index (χ2n) is 4.22. The number of nitrogen functional groups attached to an aromatic ring is 1. The fourth-order valence-electron chi connectivity index (χ4n) is 2.00. The number of nitrogens with one attached hydrogen (secondary N) is 1. The van der Waals surface area contributed by atoms with Crippen molar-refractivity contribution in [3.05, 3.63) is 32.7 Å². The van der Waals surface area contributed by atoms with Gasteiger partial charge in [0, 0.05) is 16.7 Å². The maximum absolute atomic E-state index is 11.0. The van der Waals surface area contributed by atoms with Crippen LogP contribution in [0, 0.1) is 0 Å². The van der Waals surface area contributed by atoms with Crippen molar-refractivity contribution in [2.24, 2.45) is 5.11 Å². The van der Waals surface area contributed by atoms with E-state index in [4.69, 9.17) is 16.0 Å². The molecule has 11 nitrogen and oxygen atoms in total. The standard InChI is InChI=1S/C9H12N6O5/c10-7-3(1-12-8(19)13-7)5-4(17)6(18)9(2-16,20-5)14-15-11/h1,4-6,16-18H,2H2,(H3,10,12,13,19)/t4-,5+,6-,9+/m0/s1. The summed E-state index contributed by atoms with van der Waals surface area (Å²) in [6.07, 6.45) is -3.34. The van der Waals surface area contributed by atoms with Gasteiger partial charge < -0.3 is 25.8 Å². The Morgan fingerprint density at radius 3 is 2.90 bits per heavy atom. The van der Waals surface area contributed by atoms with Crippen LogP contribution in [0.4, 0.5) is 5.82 Å². The molecule has 0 spiro atoms. The summed E-state index contributed by atoms with van der Waals surface area (Å²) in [4.78, 5) is 19.1. The van der Waals surface area contributed by atoms with Gasteiger partial charge in [0.2, 0.25) is 0 Å². The first-order valence-electron chi connectivity index (χ1n) is 5.51. The average molecular weight is 284 g/mol. The summed E-state index contributed by atoms with van der Waals surface area (Å²) in [5.74, 6) is -0.115. The van der Waals surface area contributed by atoms with Gasteiger partial charge in [0.1, 0.15) is 24.1 Å². The third-order valence-corrected chi connectivity index (χ3v) is 3.05. The number of hydrogen-bond donors (Lipinski definition) is 5. The SMILES string of the molecule is [N-]=[N+]=N[C@]1(CO)O[C@H](c2cnc(=O)[nH]c2N)[C@H](O)[C@@H]1O. The molecule has 20 heavy (non-hydrogen) atoms. The van der Waals surface area contributed by atoms with Gasteiger partial charge in [-0.2, -0.15) is 0 Å². The van der Waals surface area contributed by atoms with E-state index < -0.39 is 36.3 Å². The molecule has 2 heterocycles. The van der Waals surface area contributed by atoms with E-state index in [0.29, 0.717) is 0 Å². The fourth-order valence-corrected chi connectivity index (χ4v) is 2.00. The normalized spacial score (nSPS) is 32.9. The number of aromatic amines is 1. The Labute approximate surface area is 111 Å². The van der Waals surface area contributed by atoms with Crippen molar-refractivity contribution in [1.29, 1.82) is 0 Å². The molecule has 1 aromatic heterocycles. The summed E-state index contributed by atoms with van der Waals surface area (Å²) in [5.41, 5.74) is 11.4. The Hall–Kier alpha value is -2.17. The molecular formula is C9H12N6O5. The van der Waals surface area contributed by atoms with Gasteiger partial charge in [0.15, 0.2) is 5.72 Å². The summed E-state index contributed by atoms with van der Waals surface area (Å²) in [7, 11) is 0. The Morgan fingerprint density at radius 2 is 2.35 bits per heavy atom. The van der Waals surface area contributed by atoms with E-state index in [-0.39, 0.29) is 11.4 Å². The highest BCUT2D eigenvalue weighted by Gasteiger charge is 2.54. The number of azide groups is 1. The molecule has 1 aromatic rings. The van der Waals surface area contributed by atoms with E-state index in [0.717, 1.165) is 6.20 Å². The predicted octanol–water partition coefficient (Wildman–Crippen LogP) is -1.86. The van der Waals surface area contributed by atoms with E-state index in [9.17, 15) is 20.1 Å². The quantitative estimate of drug-likeness (QED) is 0.244. The van der Waals surface area contributed by atoms with Crippen LogP contribution in [0.15, 0.2) is 16.1 Å². The number of nitrogens with zero attached hydrogens (tertiary/aromatic N) is 4. The third-order valence-electron chi connectivity index (χ3n) is 3.05. The second-order valence-corrected chi connectivity index (χ2v) is 4.22. The summed E-state index contributed by atoms with van der Waals surface area (Å²) < 4.78 is 5.26. The van der Waals surface area contributed by atoms with Crippen LogP contribution in [0.25, 0.3) is 10.4 Å². The Bertz CT molecular complexity index is 613. The van der Waals surface area contributed by atoms with Crippen LogP contribution in [0.1, 0.15) is 11.7 Å². The maximum Gasteiger partial charge on any atom is 0.346 e. The zero-order chi connectivity index (χ0) is 14.9. The monoisotopic (exact) mass is 284 g/mol. The lowest BCUT2D eigenvalue weighted by Crippen LogP contribution is -2.44. The predicted molar refractivity (Wildman–Crippen MR) is 64.1 cm³/mol. The number of rotatable bonds is 3. The van der Waals surface area contributed by atoms with Gasteiger partial charge in [0.25, 0.3) is 0 Å². The third kappa shape index (κ3) is 2.09. The van der Waals surface area contributed by atoms with Crippen molar-refractivity contribution < 1.29 is 20.1 Å². The molecule has 0 saturated carbocycles. The highest BCUT2D eigenvalue weighted by molar-refractivity contribution is 5.39. The molecule has 0 aliphatic carbocycles. The molecule has 0 unspecified atom stereocenters. The number of aliphatic hydroxyl groups excluding tert-OH is 3. The number of ether oxygens (including phenoxy) is 1. The summed E-state index contributed by atoms with van der Waals surface area (Å²) >= 11 is 0. The first-order chi connectivity index (χ1) is 9.45. The van der Waals surface area contributed by atoms with Crippen molar-refractivity contribution in [3.63, 3.8) is 0 Å². The molecule has 1 aliphatic rings. The number of aliphatic hydroxyl groups is 3. The number of anilines is 1. The van der Waals surface area contributed by atoms with Crippen LogP contribution in [0.5, 0.6) is 0 Å². The lowest BCUT2D eigenvalue weighted by atomic mass is 10.0. The number of aromatic nitrogens is 2. The van der Waals surface area contributed by atoms with Gasteiger partial charge in [-0.3, -0.25) is 4.98 Å². The van der Waals surface area contributed by atoms with Crippen LogP contribution in [0.3, 0.4) is 0 Å². The zero-order valence-corrected chi connectivity index (χ0v) is 10.0. The number of nitrogens with two attached hydrogens (primary N) is 1. The largest absolute Gasteiger partial charge is 0.393 e. The topological polar surface area (TPSA) is 190 Å². The van der Waals surface area contributed by atoms with Crippen molar-refractivity contribution in [2.75, 3.05) is 12.3 Å². The molecule has 0 aromatic carbocycles. The number of H-pyrrole nitrogens is 1. The van der Waals surface area contributed by atoms with Gasteiger partial charge >= 0.3 is 5.69 Å². The molecular weight excluding hydrogens is 272 g/mol. The van der Waals surface area contributed by atoms with E-state index >= 15 is 0 Å². The van der Waals surface area contributed by atoms with Crippen LogP contribution < -0.4 is 11.4 Å². The van der Waals surface area contributed by atoms with Crippen molar-refractivity contribution in [1.82, 2.24) is 9.97 Å². The fraction of sp³-hybridized carbons (Fsp3) is 0.556. The summed E-state index contributed by atoms with van der Waals surface area (Å²) in [5, 5.41) is 32.3. The van der Waals surface area contributed by atoms with Crippen molar-refractivity contribution in [2.45, 2.75) is 24.0 Å². The molecule has 11 heteroatoms. The lowest BCUT2D eigenvalue weighted by molar-refractivity contribution is -0.107. The van der Waals surface area contributed by atoms with E-state index in [1.54, 1.807) is 0 Å². The highest BCUT2D eigenvalue weighted by Crippen LogP contribution is 2.41. The first kappa shape index (κ1) is 14.2. The van der Waals surface area contributed by atoms with E-state index in [1.807, 2.05) is 0 Å². The van der Waals surface area contributed by atoms with Gasteiger partial charge in [0.05, 0.1) is 6.61 Å². The van der Waals surface area contributed by atoms with Gasteiger partial charge in [-0.15, -0.1) is 0 Å². The Morgan fingerprint density at radius 1 is 1.65 bits per heavy atom. The molecule has 1 fully saturated rings. The van der Waals surface area contributed by atoms with Crippen molar-refractivity contribution >= 4 is 5.82 Å².